The normalized spacial score (nSPS) is 16.0. The highest BCUT2D eigenvalue weighted by Gasteiger charge is 2.33. The summed E-state index contributed by atoms with van der Waals surface area (Å²) in [5.41, 5.74) is 2.70. The van der Waals surface area contributed by atoms with Crippen molar-refractivity contribution in [2.75, 3.05) is 12.9 Å². The van der Waals surface area contributed by atoms with Crippen molar-refractivity contribution in [2.24, 2.45) is 10.9 Å². The van der Waals surface area contributed by atoms with Crippen molar-refractivity contribution in [3.8, 4) is 0 Å². The number of benzene rings is 2. The molecule has 0 N–H and O–H groups in total. The van der Waals surface area contributed by atoms with Crippen LogP contribution in [0, 0.1) is 5.92 Å². The molecular formula is C28H28N2O3S2. The Morgan fingerprint density at radius 1 is 1.17 bits per heavy atom. The van der Waals surface area contributed by atoms with Gasteiger partial charge in [0.05, 0.1) is 28.5 Å². The first-order valence-electron chi connectivity index (χ1n) is 11.4. The average molecular weight is 505 g/mol. The van der Waals surface area contributed by atoms with Gasteiger partial charge in [-0.3, -0.25) is 9.36 Å². The van der Waals surface area contributed by atoms with Crippen LogP contribution in [0.15, 0.2) is 86.6 Å². The van der Waals surface area contributed by atoms with E-state index < -0.39 is 12.0 Å². The first-order chi connectivity index (χ1) is 16.9. The summed E-state index contributed by atoms with van der Waals surface area (Å²) < 4.78 is 7.78. The molecule has 4 rings (SSSR count). The molecule has 1 aliphatic rings. The third kappa shape index (κ3) is 5.57. The van der Waals surface area contributed by atoms with Gasteiger partial charge in [-0.05, 0) is 48.4 Å². The van der Waals surface area contributed by atoms with Crippen molar-refractivity contribution in [1.29, 1.82) is 0 Å². The standard InChI is InChI=1S/C28H28N2O3S2/c1-18(2)17-33-27(32)24-19(3)29-28-30(25(24)21-13-15-22(34-4)16-14-21)26(31)23(35-28)12-8-11-20-9-6-5-7-10-20/h5-16,18,25H,17H2,1-4H3. The van der Waals surface area contributed by atoms with E-state index in [1.54, 1.807) is 22.4 Å². The van der Waals surface area contributed by atoms with Gasteiger partial charge in [0.15, 0.2) is 4.80 Å². The Balaban J connectivity index is 1.82. The van der Waals surface area contributed by atoms with Gasteiger partial charge in [-0.25, -0.2) is 9.79 Å². The van der Waals surface area contributed by atoms with Gasteiger partial charge in [0.1, 0.15) is 0 Å². The molecule has 0 aliphatic carbocycles. The smallest absolute Gasteiger partial charge is 0.338 e. The number of carbonyl (C=O) groups excluding carboxylic acids is 1. The molecule has 7 heteroatoms. The van der Waals surface area contributed by atoms with Crippen LogP contribution in [0.4, 0.5) is 0 Å². The molecule has 0 radical (unpaired) electrons. The molecular weight excluding hydrogens is 476 g/mol. The third-order valence-electron chi connectivity index (χ3n) is 5.56. The van der Waals surface area contributed by atoms with E-state index in [2.05, 4.69) is 4.99 Å². The van der Waals surface area contributed by atoms with E-state index in [4.69, 9.17) is 4.74 Å². The molecule has 2 heterocycles. The fourth-order valence-corrected chi connectivity index (χ4v) is 5.24. The molecule has 0 fully saturated rings. The van der Waals surface area contributed by atoms with Gasteiger partial charge < -0.3 is 4.74 Å². The predicted molar refractivity (Wildman–Crippen MR) is 144 cm³/mol. The number of allylic oxidation sites excluding steroid dienone is 2. The zero-order valence-corrected chi connectivity index (χ0v) is 21.9. The van der Waals surface area contributed by atoms with Crippen molar-refractivity contribution >= 4 is 41.2 Å². The van der Waals surface area contributed by atoms with Crippen molar-refractivity contribution in [3.05, 3.63) is 103 Å². The fourth-order valence-electron chi connectivity index (χ4n) is 3.83. The molecule has 180 valence electrons. The van der Waals surface area contributed by atoms with Crippen LogP contribution in [-0.2, 0) is 9.53 Å². The van der Waals surface area contributed by atoms with Crippen LogP contribution < -0.4 is 14.9 Å². The van der Waals surface area contributed by atoms with Gasteiger partial charge >= 0.3 is 5.97 Å². The van der Waals surface area contributed by atoms with Gasteiger partial charge in [-0.15, -0.1) is 11.8 Å². The summed E-state index contributed by atoms with van der Waals surface area (Å²) in [5.74, 6) is -0.228. The number of thioether (sulfide) groups is 1. The van der Waals surface area contributed by atoms with E-state index in [-0.39, 0.29) is 11.5 Å². The Hall–Kier alpha value is -3.16. The molecule has 0 bridgehead atoms. The summed E-state index contributed by atoms with van der Waals surface area (Å²) in [5, 5.41) is 0. The summed E-state index contributed by atoms with van der Waals surface area (Å²) in [7, 11) is 0. The lowest BCUT2D eigenvalue weighted by Gasteiger charge is -2.25. The average Bonchev–Trinajstić information content (AvgIpc) is 3.17. The number of esters is 1. The number of thiazole rings is 1. The second-order valence-electron chi connectivity index (χ2n) is 8.64. The molecule has 35 heavy (non-hydrogen) atoms. The summed E-state index contributed by atoms with van der Waals surface area (Å²) in [6.45, 7) is 6.10. The second kappa shape index (κ2) is 11.1. The predicted octanol–water partition coefficient (Wildman–Crippen LogP) is 4.82. The number of fused-ring (bicyclic) bond motifs is 1. The first-order valence-corrected chi connectivity index (χ1v) is 13.5. The number of hydrogen-bond donors (Lipinski definition) is 0. The van der Waals surface area contributed by atoms with Crippen LogP contribution in [0.25, 0.3) is 12.2 Å². The van der Waals surface area contributed by atoms with Gasteiger partial charge in [-0.2, -0.15) is 0 Å². The van der Waals surface area contributed by atoms with E-state index in [1.165, 1.54) is 11.3 Å². The maximum atomic E-state index is 13.6. The van der Waals surface area contributed by atoms with E-state index in [0.29, 0.717) is 27.2 Å². The topological polar surface area (TPSA) is 60.7 Å². The highest BCUT2D eigenvalue weighted by Crippen LogP contribution is 2.31. The van der Waals surface area contributed by atoms with Crippen LogP contribution in [0.1, 0.15) is 37.9 Å². The minimum absolute atomic E-state index is 0.174. The molecule has 3 aromatic rings. The molecule has 0 spiro atoms. The SMILES string of the molecule is CSc1ccc(C2C(C(=O)OCC(C)C)=C(C)N=c3sc(=CC=Cc4ccccc4)c(=O)n32)cc1. The Morgan fingerprint density at radius 3 is 2.54 bits per heavy atom. The molecule has 5 nitrogen and oxygen atoms in total. The lowest BCUT2D eigenvalue weighted by molar-refractivity contribution is -0.140. The fraction of sp³-hybridized carbons (Fsp3) is 0.250. The van der Waals surface area contributed by atoms with Crippen molar-refractivity contribution in [3.63, 3.8) is 0 Å². The van der Waals surface area contributed by atoms with Gasteiger partial charge in [0.2, 0.25) is 0 Å². The number of nitrogens with zero attached hydrogens (tertiary/aromatic N) is 2. The largest absolute Gasteiger partial charge is 0.462 e. The minimum atomic E-state index is -0.595. The molecule has 0 saturated carbocycles. The zero-order valence-electron chi connectivity index (χ0n) is 20.2. The quantitative estimate of drug-likeness (QED) is 0.342. The van der Waals surface area contributed by atoms with E-state index in [0.717, 1.165) is 16.0 Å². The van der Waals surface area contributed by atoms with Crippen LogP contribution in [0.2, 0.25) is 0 Å². The lowest BCUT2D eigenvalue weighted by Crippen LogP contribution is -2.40. The minimum Gasteiger partial charge on any atom is -0.462 e. The van der Waals surface area contributed by atoms with Gasteiger partial charge in [0.25, 0.3) is 5.56 Å². The maximum absolute atomic E-state index is 13.6. The van der Waals surface area contributed by atoms with E-state index >= 15 is 0 Å². The third-order valence-corrected chi connectivity index (χ3v) is 7.30. The molecule has 2 aromatic carbocycles. The number of ether oxygens (including phenoxy) is 1. The van der Waals surface area contributed by atoms with Crippen LogP contribution in [0.5, 0.6) is 0 Å². The summed E-state index contributed by atoms with van der Waals surface area (Å²) in [4.78, 5) is 33.1. The lowest BCUT2D eigenvalue weighted by atomic mass is 9.96. The number of carbonyl (C=O) groups is 1. The number of aromatic nitrogens is 1. The molecule has 0 amide bonds. The summed E-state index contributed by atoms with van der Waals surface area (Å²) >= 11 is 2.97. The molecule has 1 unspecified atom stereocenters. The molecule has 1 atom stereocenters. The van der Waals surface area contributed by atoms with Gasteiger partial charge in [0, 0.05) is 4.90 Å². The zero-order chi connectivity index (χ0) is 24.9. The highest BCUT2D eigenvalue weighted by molar-refractivity contribution is 7.98. The van der Waals surface area contributed by atoms with Crippen LogP contribution >= 0.6 is 23.1 Å². The summed E-state index contributed by atoms with van der Waals surface area (Å²) in [6, 6.07) is 17.3. The van der Waals surface area contributed by atoms with Crippen molar-refractivity contribution < 1.29 is 9.53 Å². The highest BCUT2D eigenvalue weighted by atomic mass is 32.2. The Kier molecular flexibility index (Phi) is 7.88. The van der Waals surface area contributed by atoms with Gasteiger partial charge in [-0.1, -0.05) is 79.8 Å². The molecule has 1 aliphatic heterocycles. The number of rotatable bonds is 7. The molecule has 0 saturated heterocycles. The summed E-state index contributed by atoms with van der Waals surface area (Å²) in [6.07, 6.45) is 7.65. The van der Waals surface area contributed by atoms with Crippen molar-refractivity contribution in [2.45, 2.75) is 31.7 Å². The maximum Gasteiger partial charge on any atom is 0.338 e. The molecule has 1 aromatic heterocycles. The van der Waals surface area contributed by atoms with Crippen LogP contribution in [-0.4, -0.2) is 23.4 Å². The Bertz CT molecular complexity index is 1450. The van der Waals surface area contributed by atoms with Crippen LogP contribution in [0.3, 0.4) is 0 Å². The monoisotopic (exact) mass is 504 g/mol. The second-order valence-corrected chi connectivity index (χ2v) is 10.5. The number of hydrogen-bond acceptors (Lipinski definition) is 6. The van der Waals surface area contributed by atoms with E-state index in [1.807, 2.05) is 93.8 Å². The van der Waals surface area contributed by atoms with E-state index in [9.17, 15) is 9.59 Å². The Labute approximate surface area is 213 Å². The first kappa shape index (κ1) is 24.9. The van der Waals surface area contributed by atoms with Crippen molar-refractivity contribution in [1.82, 2.24) is 4.57 Å². The Morgan fingerprint density at radius 2 is 1.89 bits per heavy atom.